The first-order valence-corrected chi connectivity index (χ1v) is 6.99. The largest absolute Gasteiger partial charge is 0.391 e. The minimum atomic E-state index is -0.305. The normalized spacial score (nSPS) is 25.7. The quantitative estimate of drug-likeness (QED) is 0.862. The molecule has 0 radical (unpaired) electrons. The molecule has 0 spiro atoms. The molecule has 1 aromatic heterocycles. The summed E-state index contributed by atoms with van der Waals surface area (Å²) >= 11 is 1.62. The fraction of sp³-hybridized carbons (Fsp3) is 0.750. The number of hydrogen-bond acceptors (Lipinski definition) is 5. The Morgan fingerprint density at radius 2 is 2.35 bits per heavy atom. The van der Waals surface area contributed by atoms with Crippen molar-refractivity contribution in [2.45, 2.75) is 25.0 Å². The van der Waals surface area contributed by atoms with Crippen LogP contribution in [-0.2, 0) is 6.42 Å². The highest BCUT2D eigenvalue weighted by Gasteiger charge is 2.27. The van der Waals surface area contributed by atoms with Crippen molar-refractivity contribution in [2.75, 3.05) is 33.7 Å². The van der Waals surface area contributed by atoms with Gasteiger partial charge in [0.25, 0.3) is 0 Å². The van der Waals surface area contributed by atoms with Crippen molar-refractivity contribution in [3.63, 3.8) is 0 Å². The van der Waals surface area contributed by atoms with E-state index in [0.29, 0.717) is 6.42 Å². The molecule has 5 heteroatoms. The Hall–Kier alpha value is -0.490. The van der Waals surface area contributed by atoms with Gasteiger partial charge in [-0.25, -0.2) is 0 Å². The Bertz CT molecular complexity index is 331. The van der Waals surface area contributed by atoms with Crippen molar-refractivity contribution in [2.24, 2.45) is 0 Å². The molecule has 4 nitrogen and oxygen atoms in total. The Labute approximate surface area is 107 Å². The van der Waals surface area contributed by atoms with E-state index in [1.807, 2.05) is 11.7 Å². The van der Waals surface area contributed by atoms with Crippen molar-refractivity contribution >= 4 is 11.3 Å². The van der Waals surface area contributed by atoms with Gasteiger partial charge in [0.2, 0.25) is 0 Å². The molecular formula is C12H21N3OS. The Balaban J connectivity index is 1.98. The van der Waals surface area contributed by atoms with Gasteiger partial charge in [-0.2, -0.15) is 0 Å². The maximum Gasteiger partial charge on any atom is 0.0794 e. The van der Waals surface area contributed by atoms with Gasteiger partial charge in [0.05, 0.1) is 11.6 Å². The van der Waals surface area contributed by atoms with E-state index >= 15 is 0 Å². The van der Waals surface area contributed by atoms with Crippen LogP contribution in [0.25, 0.3) is 0 Å². The van der Waals surface area contributed by atoms with Crippen molar-refractivity contribution in [3.05, 3.63) is 16.6 Å². The fourth-order valence-electron chi connectivity index (χ4n) is 2.41. The van der Waals surface area contributed by atoms with Crippen molar-refractivity contribution < 1.29 is 5.11 Å². The number of rotatable bonds is 3. The lowest BCUT2D eigenvalue weighted by Crippen LogP contribution is -2.46. The van der Waals surface area contributed by atoms with E-state index < -0.39 is 0 Å². The molecule has 1 fully saturated rings. The molecule has 1 aliphatic heterocycles. The predicted molar refractivity (Wildman–Crippen MR) is 70.4 cm³/mol. The minimum absolute atomic E-state index is 0.226. The number of aliphatic hydroxyl groups is 1. The molecule has 2 rings (SSSR count). The average molecular weight is 255 g/mol. The van der Waals surface area contributed by atoms with Crippen LogP contribution in [-0.4, -0.2) is 65.8 Å². The summed E-state index contributed by atoms with van der Waals surface area (Å²) in [5, 5.41) is 10.4. The van der Waals surface area contributed by atoms with Gasteiger partial charge >= 0.3 is 0 Å². The topological polar surface area (TPSA) is 39.6 Å². The average Bonchev–Trinajstić information content (AvgIpc) is 2.72. The van der Waals surface area contributed by atoms with Crippen LogP contribution in [0.15, 0.2) is 11.7 Å². The van der Waals surface area contributed by atoms with Gasteiger partial charge in [-0.05, 0) is 33.6 Å². The van der Waals surface area contributed by atoms with Gasteiger partial charge < -0.3 is 10.0 Å². The molecule has 0 amide bonds. The molecule has 96 valence electrons. The van der Waals surface area contributed by atoms with E-state index in [2.05, 4.69) is 28.9 Å². The molecule has 1 saturated heterocycles. The van der Waals surface area contributed by atoms with Gasteiger partial charge in [0, 0.05) is 30.1 Å². The second kappa shape index (κ2) is 5.91. The van der Waals surface area contributed by atoms with Gasteiger partial charge in [-0.3, -0.25) is 9.88 Å². The lowest BCUT2D eigenvalue weighted by Gasteiger charge is -2.31. The number of thiazole rings is 1. The highest BCUT2D eigenvalue weighted by molar-refractivity contribution is 7.09. The molecule has 1 aliphatic rings. The van der Waals surface area contributed by atoms with E-state index in [0.717, 1.165) is 24.5 Å². The molecule has 2 atom stereocenters. The van der Waals surface area contributed by atoms with Crippen LogP contribution < -0.4 is 0 Å². The van der Waals surface area contributed by atoms with Crippen LogP contribution in [0.3, 0.4) is 0 Å². The first-order valence-electron chi connectivity index (χ1n) is 6.11. The minimum Gasteiger partial charge on any atom is -0.391 e. The number of aliphatic hydroxyl groups excluding tert-OH is 1. The summed E-state index contributed by atoms with van der Waals surface area (Å²) in [4.78, 5) is 9.82. The molecule has 17 heavy (non-hydrogen) atoms. The Kier molecular flexibility index (Phi) is 4.50. The predicted octanol–water partition coefficient (Wildman–Crippen LogP) is 0.682. The van der Waals surface area contributed by atoms with Gasteiger partial charge in [-0.1, -0.05) is 0 Å². The van der Waals surface area contributed by atoms with E-state index in [9.17, 15) is 5.11 Å². The van der Waals surface area contributed by atoms with Crippen molar-refractivity contribution in [1.82, 2.24) is 14.8 Å². The summed E-state index contributed by atoms with van der Waals surface area (Å²) in [7, 11) is 4.24. The first-order chi connectivity index (χ1) is 8.16. The second-order valence-corrected chi connectivity index (χ2v) is 5.87. The molecule has 1 N–H and O–H groups in total. The summed E-state index contributed by atoms with van der Waals surface area (Å²) in [6, 6.07) is 0.226. The van der Waals surface area contributed by atoms with Crippen LogP contribution in [0.5, 0.6) is 0 Å². The molecular weight excluding hydrogens is 234 g/mol. The fourth-order valence-corrected chi connectivity index (χ4v) is 3.05. The third-order valence-electron chi connectivity index (χ3n) is 3.45. The summed E-state index contributed by atoms with van der Waals surface area (Å²) in [5.41, 5.74) is 1.82. The molecule has 0 saturated carbocycles. The molecule has 1 aromatic rings. The van der Waals surface area contributed by atoms with Crippen LogP contribution in [0.2, 0.25) is 0 Å². The van der Waals surface area contributed by atoms with E-state index in [1.54, 1.807) is 11.3 Å². The van der Waals surface area contributed by atoms with Crippen molar-refractivity contribution in [3.8, 4) is 0 Å². The first kappa shape index (κ1) is 13.0. The smallest absolute Gasteiger partial charge is 0.0794 e. The number of nitrogens with zero attached hydrogens (tertiary/aromatic N) is 3. The molecule has 0 aliphatic carbocycles. The second-order valence-electron chi connectivity index (χ2n) is 4.90. The van der Waals surface area contributed by atoms with E-state index in [1.165, 1.54) is 6.42 Å². The number of aromatic nitrogens is 1. The molecule has 0 aromatic carbocycles. The van der Waals surface area contributed by atoms with Gasteiger partial charge in [-0.15, -0.1) is 11.3 Å². The zero-order chi connectivity index (χ0) is 12.3. The maximum atomic E-state index is 10.4. The highest BCUT2D eigenvalue weighted by atomic mass is 32.1. The lowest BCUT2D eigenvalue weighted by molar-refractivity contribution is 0.0586. The van der Waals surface area contributed by atoms with Crippen molar-refractivity contribution in [1.29, 1.82) is 0 Å². The zero-order valence-corrected chi connectivity index (χ0v) is 11.4. The van der Waals surface area contributed by atoms with E-state index in [4.69, 9.17) is 0 Å². The van der Waals surface area contributed by atoms with Gasteiger partial charge in [0.15, 0.2) is 0 Å². The number of hydrogen-bond donors (Lipinski definition) is 1. The third kappa shape index (κ3) is 3.48. The zero-order valence-electron chi connectivity index (χ0n) is 10.5. The standard InChI is InChI=1S/C12H21N3OS/c1-14-4-3-5-15(2)11(8-14)12(16)6-10-7-13-9-17-10/h7,9,11-12,16H,3-6,8H2,1-2H3. The highest BCUT2D eigenvalue weighted by Crippen LogP contribution is 2.16. The molecule has 0 bridgehead atoms. The van der Waals surface area contributed by atoms with Gasteiger partial charge in [0.1, 0.15) is 0 Å². The van der Waals surface area contributed by atoms with Crippen LogP contribution in [0.4, 0.5) is 0 Å². The monoisotopic (exact) mass is 255 g/mol. The summed E-state index contributed by atoms with van der Waals surface area (Å²) < 4.78 is 0. The maximum absolute atomic E-state index is 10.4. The molecule has 2 heterocycles. The van der Waals surface area contributed by atoms with Crippen LogP contribution >= 0.6 is 11.3 Å². The van der Waals surface area contributed by atoms with Crippen LogP contribution in [0.1, 0.15) is 11.3 Å². The third-order valence-corrected chi connectivity index (χ3v) is 4.26. The Morgan fingerprint density at radius 1 is 1.53 bits per heavy atom. The Morgan fingerprint density at radius 3 is 3.06 bits per heavy atom. The summed E-state index contributed by atoms with van der Waals surface area (Å²) in [6.45, 7) is 3.12. The van der Waals surface area contributed by atoms with E-state index in [-0.39, 0.29) is 12.1 Å². The summed E-state index contributed by atoms with van der Waals surface area (Å²) in [6.07, 6.45) is 3.44. The molecule has 2 unspecified atom stereocenters. The number of likely N-dealkylation sites (N-methyl/N-ethyl adjacent to an activating group) is 2. The summed E-state index contributed by atoms with van der Waals surface area (Å²) in [5.74, 6) is 0. The van der Waals surface area contributed by atoms with Crippen LogP contribution in [0, 0.1) is 0 Å². The lowest BCUT2D eigenvalue weighted by atomic mass is 10.1. The SMILES string of the molecule is CN1CCCN(C)C(C(O)Cc2cncs2)C1.